The molecule has 0 fully saturated rings. The maximum Gasteiger partial charge on any atom is 0.343 e. The number of amides is 1. The van der Waals surface area contributed by atoms with E-state index in [1.807, 2.05) is 51.1 Å². The maximum atomic E-state index is 12.4. The molecule has 0 atom stereocenters. The van der Waals surface area contributed by atoms with Crippen LogP contribution in [0.4, 0.5) is 0 Å². The summed E-state index contributed by atoms with van der Waals surface area (Å²) in [6, 6.07) is 17.7. The molecule has 0 radical (unpaired) electrons. The van der Waals surface area contributed by atoms with Gasteiger partial charge in [-0.1, -0.05) is 29.8 Å². The summed E-state index contributed by atoms with van der Waals surface area (Å²) >= 11 is 0. The van der Waals surface area contributed by atoms with E-state index in [0.29, 0.717) is 22.6 Å². The lowest BCUT2D eigenvalue weighted by atomic mass is 10.1. The summed E-state index contributed by atoms with van der Waals surface area (Å²) in [7, 11) is 1.48. The molecule has 7 heteroatoms. The molecule has 3 aromatic carbocycles. The lowest BCUT2D eigenvalue weighted by molar-refractivity contribution is -0.123. The summed E-state index contributed by atoms with van der Waals surface area (Å²) < 4.78 is 16.3. The third kappa shape index (κ3) is 6.43. The van der Waals surface area contributed by atoms with Gasteiger partial charge in [0.05, 0.1) is 18.9 Å². The summed E-state index contributed by atoms with van der Waals surface area (Å²) in [6.07, 6.45) is 1.46. The van der Waals surface area contributed by atoms with Crippen LogP contribution >= 0.6 is 0 Å². The number of hydrogen-bond acceptors (Lipinski definition) is 6. The lowest BCUT2D eigenvalue weighted by Gasteiger charge is -2.10. The largest absolute Gasteiger partial charge is 0.493 e. The molecule has 0 unspecified atom stereocenters. The average molecular weight is 447 g/mol. The van der Waals surface area contributed by atoms with Crippen molar-refractivity contribution < 1.29 is 23.8 Å². The highest BCUT2D eigenvalue weighted by Crippen LogP contribution is 2.28. The Balaban J connectivity index is 1.57. The predicted molar refractivity (Wildman–Crippen MR) is 126 cm³/mol. The van der Waals surface area contributed by atoms with E-state index in [4.69, 9.17) is 14.2 Å². The van der Waals surface area contributed by atoms with Crippen molar-refractivity contribution in [2.24, 2.45) is 5.10 Å². The number of ether oxygens (including phenoxy) is 3. The first-order chi connectivity index (χ1) is 15.9. The second-order valence-electron chi connectivity index (χ2n) is 7.45. The SMILES string of the molecule is COc1cc(/C=N\NC(=O)COc2cccc(C)c2C)ccc1OC(=O)c1ccc(C)cc1. The van der Waals surface area contributed by atoms with Crippen LogP contribution in [-0.4, -0.2) is 31.8 Å². The third-order valence-corrected chi connectivity index (χ3v) is 4.99. The Bertz CT molecular complexity index is 1170. The van der Waals surface area contributed by atoms with Crippen LogP contribution in [0.1, 0.15) is 32.6 Å². The van der Waals surface area contributed by atoms with Gasteiger partial charge in [0.25, 0.3) is 5.91 Å². The van der Waals surface area contributed by atoms with Gasteiger partial charge in [-0.15, -0.1) is 0 Å². The molecule has 170 valence electrons. The zero-order chi connectivity index (χ0) is 23.8. The molecule has 0 aliphatic rings. The van der Waals surface area contributed by atoms with Crippen LogP contribution in [0.3, 0.4) is 0 Å². The van der Waals surface area contributed by atoms with Crippen LogP contribution in [0.15, 0.2) is 65.8 Å². The fraction of sp³-hybridized carbons (Fsp3) is 0.192. The predicted octanol–water partition coefficient (Wildman–Crippen LogP) is 4.37. The summed E-state index contributed by atoms with van der Waals surface area (Å²) in [5.41, 5.74) is 6.65. The minimum atomic E-state index is -0.481. The van der Waals surface area contributed by atoms with Gasteiger partial charge >= 0.3 is 5.97 Å². The molecule has 0 aromatic heterocycles. The lowest BCUT2D eigenvalue weighted by Crippen LogP contribution is -2.24. The number of nitrogens with one attached hydrogen (secondary N) is 1. The van der Waals surface area contributed by atoms with Crippen molar-refractivity contribution in [3.05, 3.63) is 88.5 Å². The Labute approximate surface area is 193 Å². The van der Waals surface area contributed by atoms with Crippen molar-refractivity contribution >= 4 is 18.1 Å². The topological polar surface area (TPSA) is 86.2 Å². The van der Waals surface area contributed by atoms with Gasteiger partial charge in [0.15, 0.2) is 18.1 Å². The average Bonchev–Trinajstić information content (AvgIpc) is 2.81. The normalized spacial score (nSPS) is 10.7. The number of benzene rings is 3. The Morgan fingerprint density at radius 1 is 0.939 bits per heavy atom. The molecule has 0 heterocycles. The first-order valence-electron chi connectivity index (χ1n) is 10.3. The summed E-state index contributed by atoms with van der Waals surface area (Å²) in [6.45, 7) is 5.71. The summed E-state index contributed by atoms with van der Waals surface area (Å²) in [5, 5.41) is 3.95. The molecule has 0 saturated heterocycles. The van der Waals surface area contributed by atoms with Gasteiger partial charge in [0.1, 0.15) is 5.75 Å². The van der Waals surface area contributed by atoms with Crippen molar-refractivity contribution in [3.63, 3.8) is 0 Å². The number of carbonyl (C=O) groups excluding carboxylic acids is 2. The molecular weight excluding hydrogens is 420 g/mol. The molecule has 0 spiro atoms. The highest BCUT2D eigenvalue weighted by Gasteiger charge is 2.13. The quantitative estimate of drug-likeness (QED) is 0.240. The highest BCUT2D eigenvalue weighted by atomic mass is 16.6. The number of aryl methyl sites for hydroxylation is 2. The van der Waals surface area contributed by atoms with E-state index in [0.717, 1.165) is 16.7 Å². The Morgan fingerprint density at radius 3 is 2.42 bits per heavy atom. The van der Waals surface area contributed by atoms with Crippen LogP contribution in [0.25, 0.3) is 0 Å². The minimum absolute atomic E-state index is 0.154. The van der Waals surface area contributed by atoms with Crippen LogP contribution in [0.2, 0.25) is 0 Å². The van der Waals surface area contributed by atoms with Gasteiger partial charge < -0.3 is 14.2 Å². The van der Waals surface area contributed by atoms with Crippen molar-refractivity contribution in [1.29, 1.82) is 0 Å². The Kier molecular flexibility index (Phi) is 7.81. The van der Waals surface area contributed by atoms with E-state index in [-0.39, 0.29) is 18.3 Å². The standard InChI is InChI=1S/C26H26N2O5/c1-17-8-11-21(12-9-17)26(30)33-23-13-10-20(14-24(23)31-4)15-27-28-25(29)16-32-22-7-5-6-18(2)19(22)3/h5-15H,16H2,1-4H3,(H,28,29)/b27-15-. The van der Waals surface area contributed by atoms with Crippen LogP contribution < -0.4 is 19.6 Å². The summed E-state index contributed by atoms with van der Waals surface area (Å²) in [4.78, 5) is 24.4. The van der Waals surface area contributed by atoms with E-state index in [1.165, 1.54) is 13.3 Å². The number of hydrogen-bond donors (Lipinski definition) is 1. The number of carbonyl (C=O) groups is 2. The van der Waals surface area contributed by atoms with E-state index < -0.39 is 5.97 Å². The Hall–Kier alpha value is -4.13. The van der Waals surface area contributed by atoms with E-state index in [1.54, 1.807) is 30.3 Å². The number of rotatable bonds is 8. The highest BCUT2D eigenvalue weighted by molar-refractivity contribution is 5.91. The molecule has 3 aromatic rings. The van der Waals surface area contributed by atoms with Gasteiger partial charge in [-0.05, 0) is 73.9 Å². The van der Waals surface area contributed by atoms with Crippen molar-refractivity contribution in [2.45, 2.75) is 20.8 Å². The molecule has 0 aliphatic carbocycles. The molecule has 33 heavy (non-hydrogen) atoms. The van der Waals surface area contributed by atoms with Gasteiger partial charge in [0.2, 0.25) is 0 Å². The van der Waals surface area contributed by atoms with Crippen molar-refractivity contribution in [2.75, 3.05) is 13.7 Å². The molecule has 7 nitrogen and oxygen atoms in total. The first-order valence-corrected chi connectivity index (χ1v) is 10.3. The first kappa shape index (κ1) is 23.5. The monoisotopic (exact) mass is 446 g/mol. The van der Waals surface area contributed by atoms with Crippen LogP contribution in [0.5, 0.6) is 17.2 Å². The zero-order valence-corrected chi connectivity index (χ0v) is 19.0. The number of esters is 1. The minimum Gasteiger partial charge on any atom is -0.493 e. The molecule has 1 amide bonds. The molecule has 0 saturated carbocycles. The molecule has 0 aliphatic heterocycles. The Morgan fingerprint density at radius 2 is 1.70 bits per heavy atom. The van der Waals surface area contributed by atoms with Crippen molar-refractivity contribution in [3.8, 4) is 17.2 Å². The fourth-order valence-corrected chi connectivity index (χ4v) is 2.93. The van der Waals surface area contributed by atoms with Gasteiger partial charge in [-0.3, -0.25) is 4.79 Å². The molecule has 3 rings (SSSR count). The molecular formula is C26H26N2O5. The second-order valence-corrected chi connectivity index (χ2v) is 7.45. The maximum absolute atomic E-state index is 12.4. The van der Waals surface area contributed by atoms with E-state index >= 15 is 0 Å². The van der Waals surface area contributed by atoms with Crippen LogP contribution in [0, 0.1) is 20.8 Å². The van der Waals surface area contributed by atoms with Gasteiger partial charge in [-0.25, -0.2) is 10.2 Å². The fourth-order valence-electron chi connectivity index (χ4n) is 2.93. The van der Waals surface area contributed by atoms with E-state index in [9.17, 15) is 9.59 Å². The van der Waals surface area contributed by atoms with Gasteiger partial charge in [0, 0.05) is 0 Å². The smallest absolute Gasteiger partial charge is 0.343 e. The molecule has 1 N–H and O–H groups in total. The second kappa shape index (κ2) is 10.9. The summed E-state index contributed by atoms with van der Waals surface area (Å²) in [5.74, 6) is 0.443. The number of nitrogens with zero attached hydrogens (tertiary/aromatic N) is 1. The molecule has 0 bridgehead atoms. The number of methoxy groups -OCH3 is 1. The van der Waals surface area contributed by atoms with Crippen molar-refractivity contribution in [1.82, 2.24) is 5.43 Å². The third-order valence-electron chi connectivity index (χ3n) is 4.99. The van der Waals surface area contributed by atoms with E-state index in [2.05, 4.69) is 10.5 Å². The number of hydrazone groups is 1. The van der Waals surface area contributed by atoms with Gasteiger partial charge in [-0.2, -0.15) is 5.10 Å². The zero-order valence-electron chi connectivity index (χ0n) is 19.0. The van der Waals surface area contributed by atoms with Crippen LogP contribution in [-0.2, 0) is 4.79 Å².